The summed E-state index contributed by atoms with van der Waals surface area (Å²) in [6, 6.07) is 13.2. The van der Waals surface area contributed by atoms with Crippen molar-refractivity contribution in [2.75, 3.05) is 11.9 Å². The normalized spacial score (nSPS) is 11.9. The smallest absolute Gasteiger partial charge is 0.233 e. The van der Waals surface area contributed by atoms with E-state index in [4.69, 9.17) is 5.73 Å². The highest BCUT2D eigenvalue weighted by atomic mass is 16.1. The minimum atomic E-state index is -0.346. The Balaban J connectivity index is 2.17. The van der Waals surface area contributed by atoms with Crippen molar-refractivity contribution in [1.82, 2.24) is 4.98 Å². The van der Waals surface area contributed by atoms with Gasteiger partial charge in [-0.05, 0) is 24.6 Å². The van der Waals surface area contributed by atoms with E-state index in [2.05, 4.69) is 10.3 Å². The number of aryl methyl sites for hydroxylation is 1. The summed E-state index contributed by atoms with van der Waals surface area (Å²) >= 11 is 0. The molecule has 2 aromatic rings. The third kappa shape index (κ3) is 3.17. The maximum atomic E-state index is 12.3. The van der Waals surface area contributed by atoms with Crippen LogP contribution in [-0.2, 0) is 4.79 Å². The van der Waals surface area contributed by atoms with Gasteiger partial charge in [-0.25, -0.2) is 0 Å². The van der Waals surface area contributed by atoms with E-state index in [1.54, 1.807) is 12.3 Å². The van der Waals surface area contributed by atoms with Crippen LogP contribution < -0.4 is 11.1 Å². The van der Waals surface area contributed by atoms with Gasteiger partial charge in [0.1, 0.15) is 0 Å². The molecule has 1 heterocycles. The molecule has 4 nitrogen and oxygen atoms in total. The Morgan fingerprint density at radius 3 is 2.63 bits per heavy atom. The van der Waals surface area contributed by atoms with Crippen molar-refractivity contribution in [3.63, 3.8) is 0 Å². The summed E-state index contributed by atoms with van der Waals surface area (Å²) in [5.41, 5.74) is 8.16. The Hall–Kier alpha value is -2.20. The number of amides is 1. The minimum Gasteiger partial charge on any atom is -0.329 e. The van der Waals surface area contributed by atoms with Gasteiger partial charge < -0.3 is 11.1 Å². The van der Waals surface area contributed by atoms with Gasteiger partial charge in [-0.2, -0.15) is 0 Å². The molecule has 0 aliphatic rings. The molecule has 2 rings (SSSR count). The van der Waals surface area contributed by atoms with E-state index >= 15 is 0 Å². The fourth-order valence-electron chi connectivity index (χ4n) is 1.92. The summed E-state index contributed by atoms with van der Waals surface area (Å²) in [5.74, 6) is -0.453. The predicted molar refractivity (Wildman–Crippen MR) is 75.8 cm³/mol. The number of nitrogens with one attached hydrogen (secondary N) is 1. The monoisotopic (exact) mass is 255 g/mol. The quantitative estimate of drug-likeness (QED) is 0.878. The molecule has 0 fully saturated rings. The van der Waals surface area contributed by atoms with Gasteiger partial charge in [-0.1, -0.05) is 30.3 Å². The zero-order chi connectivity index (χ0) is 13.7. The Labute approximate surface area is 112 Å². The molecule has 1 atom stereocenters. The van der Waals surface area contributed by atoms with Crippen molar-refractivity contribution in [1.29, 1.82) is 0 Å². The molecule has 0 saturated carbocycles. The summed E-state index contributed by atoms with van der Waals surface area (Å²) in [6.45, 7) is 2.13. The van der Waals surface area contributed by atoms with Crippen molar-refractivity contribution in [3.05, 3.63) is 59.9 Å². The van der Waals surface area contributed by atoms with Crippen LogP contribution >= 0.6 is 0 Å². The van der Waals surface area contributed by atoms with Gasteiger partial charge >= 0.3 is 0 Å². The second kappa shape index (κ2) is 6.11. The van der Waals surface area contributed by atoms with Crippen molar-refractivity contribution in [2.24, 2.45) is 5.73 Å². The highest BCUT2D eigenvalue weighted by molar-refractivity contribution is 5.96. The first-order chi connectivity index (χ1) is 9.22. The number of carbonyl (C=O) groups is 1. The highest BCUT2D eigenvalue weighted by Gasteiger charge is 2.19. The maximum Gasteiger partial charge on any atom is 0.233 e. The zero-order valence-electron chi connectivity index (χ0n) is 10.8. The lowest BCUT2D eigenvalue weighted by Crippen LogP contribution is -2.27. The Kier molecular flexibility index (Phi) is 4.26. The molecule has 0 bridgehead atoms. The molecule has 1 aromatic carbocycles. The molecular weight excluding hydrogens is 238 g/mol. The Morgan fingerprint density at radius 1 is 1.26 bits per heavy atom. The predicted octanol–water partition coefficient (Wildman–Crippen LogP) is 2.07. The van der Waals surface area contributed by atoms with Crippen molar-refractivity contribution in [2.45, 2.75) is 12.8 Å². The fourth-order valence-corrected chi connectivity index (χ4v) is 1.92. The summed E-state index contributed by atoms with van der Waals surface area (Å²) in [5, 5.41) is 2.88. The van der Waals surface area contributed by atoms with Gasteiger partial charge in [0.05, 0.1) is 17.3 Å². The second-order valence-electron chi connectivity index (χ2n) is 4.32. The summed E-state index contributed by atoms with van der Waals surface area (Å²) in [6.07, 6.45) is 1.70. The minimum absolute atomic E-state index is 0.107. The van der Waals surface area contributed by atoms with Gasteiger partial charge in [0.25, 0.3) is 0 Å². The van der Waals surface area contributed by atoms with E-state index in [1.807, 2.05) is 43.3 Å². The summed E-state index contributed by atoms with van der Waals surface area (Å²) < 4.78 is 0. The van der Waals surface area contributed by atoms with Crippen LogP contribution in [-0.4, -0.2) is 17.4 Å². The molecule has 0 radical (unpaired) electrons. The second-order valence-corrected chi connectivity index (χ2v) is 4.32. The number of nitrogens with zero attached hydrogens (tertiary/aromatic N) is 1. The zero-order valence-corrected chi connectivity index (χ0v) is 10.8. The average molecular weight is 255 g/mol. The lowest BCUT2D eigenvalue weighted by molar-refractivity contribution is -0.117. The van der Waals surface area contributed by atoms with E-state index in [9.17, 15) is 4.79 Å². The Morgan fingerprint density at radius 2 is 2.00 bits per heavy atom. The van der Waals surface area contributed by atoms with E-state index in [-0.39, 0.29) is 18.4 Å². The molecule has 19 heavy (non-hydrogen) atoms. The van der Waals surface area contributed by atoms with Crippen molar-refractivity contribution in [3.8, 4) is 0 Å². The number of hydrogen-bond acceptors (Lipinski definition) is 3. The SMILES string of the molecule is Cc1ncccc1NC(=O)C(CN)c1ccccc1. The third-order valence-electron chi connectivity index (χ3n) is 3.02. The molecule has 1 amide bonds. The molecule has 0 spiro atoms. The van der Waals surface area contributed by atoms with E-state index in [0.717, 1.165) is 16.9 Å². The first-order valence-electron chi connectivity index (χ1n) is 6.20. The number of nitrogens with two attached hydrogens (primary N) is 1. The number of hydrogen-bond donors (Lipinski definition) is 2. The largest absolute Gasteiger partial charge is 0.329 e. The third-order valence-corrected chi connectivity index (χ3v) is 3.02. The van der Waals surface area contributed by atoms with Crippen LogP contribution in [0, 0.1) is 6.92 Å². The molecule has 0 aliphatic heterocycles. The lowest BCUT2D eigenvalue weighted by Gasteiger charge is -2.16. The molecule has 4 heteroatoms. The van der Waals surface area contributed by atoms with Crippen LogP contribution in [0.2, 0.25) is 0 Å². The maximum absolute atomic E-state index is 12.3. The number of benzene rings is 1. The first kappa shape index (κ1) is 13.2. The van der Waals surface area contributed by atoms with E-state index in [1.165, 1.54) is 0 Å². The van der Waals surface area contributed by atoms with Gasteiger partial charge in [-0.3, -0.25) is 9.78 Å². The molecule has 0 saturated heterocycles. The van der Waals surface area contributed by atoms with Gasteiger partial charge in [0.15, 0.2) is 0 Å². The van der Waals surface area contributed by atoms with Gasteiger partial charge in [0.2, 0.25) is 5.91 Å². The van der Waals surface area contributed by atoms with E-state index < -0.39 is 0 Å². The number of pyridine rings is 1. The van der Waals surface area contributed by atoms with Crippen LogP contribution in [0.1, 0.15) is 17.2 Å². The van der Waals surface area contributed by atoms with Crippen molar-refractivity contribution < 1.29 is 4.79 Å². The molecule has 3 N–H and O–H groups in total. The van der Waals surface area contributed by atoms with E-state index in [0.29, 0.717) is 0 Å². The number of anilines is 1. The van der Waals surface area contributed by atoms with Crippen LogP contribution in [0.5, 0.6) is 0 Å². The standard InChI is InChI=1S/C15H17N3O/c1-11-14(8-5-9-17-11)18-15(19)13(10-16)12-6-3-2-4-7-12/h2-9,13H,10,16H2,1H3,(H,18,19). The van der Waals surface area contributed by atoms with Gasteiger partial charge in [-0.15, -0.1) is 0 Å². The number of carbonyl (C=O) groups excluding carboxylic acids is 1. The lowest BCUT2D eigenvalue weighted by atomic mass is 9.98. The average Bonchev–Trinajstić information content (AvgIpc) is 2.43. The topological polar surface area (TPSA) is 68.0 Å². The van der Waals surface area contributed by atoms with Crippen LogP contribution in [0.4, 0.5) is 5.69 Å². The highest BCUT2D eigenvalue weighted by Crippen LogP contribution is 2.18. The number of rotatable bonds is 4. The fraction of sp³-hybridized carbons (Fsp3) is 0.200. The Bertz CT molecular complexity index is 554. The van der Waals surface area contributed by atoms with Crippen LogP contribution in [0.15, 0.2) is 48.7 Å². The van der Waals surface area contributed by atoms with Crippen LogP contribution in [0.25, 0.3) is 0 Å². The summed E-state index contributed by atoms with van der Waals surface area (Å²) in [7, 11) is 0. The number of aromatic nitrogens is 1. The first-order valence-corrected chi connectivity index (χ1v) is 6.20. The van der Waals surface area contributed by atoms with Crippen molar-refractivity contribution >= 4 is 11.6 Å². The molecule has 1 aromatic heterocycles. The van der Waals surface area contributed by atoms with Gasteiger partial charge in [0, 0.05) is 12.7 Å². The summed E-state index contributed by atoms with van der Waals surface area (Å²) in [4.78, 5) is 16.4. The molecule has 0 aliphatic carbocycles. The van der Waals surface area contributed by atoms with Crippen LogP contribution in [0.3, 0.4) is 0 Å². The molecule has 1 unspecified atom stereocenters. The molecular formula is C15H17N3O. The molecule has 98 valence electrons.